The van der Waals surface area contributed by atoms with Gasteiger partial charge in [-0.1, -0.05) is 30.3 Å². The van der Waals surface area contributed by atoms with Crippen LogP contribution in [0, 0.1) is 5.92 Å². The summed E-state index contributed by atoms with van der Waals surface area (Å²) in [5.41, 5.74) is 14.1. The third kappa shape index (κ3) is 3.45. The van der Waals surface area contributed by atoms with Gasteiger partial charge in [0.2, 0.25) is 11.8 Å². The lowest BCUT2D eigenvalue weighted by Gasteiger charge is -2.37. The number of anilines is 2. The molecule has 2 fully saturated rings. The highest BCUT2D eigenvalue weighted by atomic mass is 16.5. The number of hydrogen-bond donors (Lipinski definition) is 3. The zero-order chi connectivity index (χ0) is 17.9. The summed E-state index contributed by atoms with van der Waals surface area (Å²) >= 11 is 0. The van der Waals surface area contributed by atoms with Crippen LogP contribution < -0.4 is 26.2 Å². The minimum atomic E-state index is 0.257. The lowest BCUT2D eigenvalue weighted by Crippen LogP contribution is -2.44. The van der Waals surface area contributed by atoms with Gasteiger partial charge in [-0.25, -0.2) is 0 Å². The highest BCUT2D eigenvalue weighted by Crippen LogP contribution is 2.33. The van der Waals surface area contributed by atoms with Crippen molar-refractivity contribution < 1.29 is 4.74 Å². The van der Waals surface area contributed by atoms with E-state index in [0.717, 1.165) is 38.3 Å². The predicted molar refractivity (Wildman–Crippen MR) is 102 cm³/mol. The van der Waals surface area contributed by atoms with Crippen LogP contribution in [0.25, 0.3) is 0 Å². The topological polar surface area (TPSA) is 88.3 Å². The molecule has 26 heavy (non-hydrogen) atoms. The largest absolute Gasteiger partial charge is 0.481 e. The van der Waals surface area contributed by atoms with E-state index < -0.39 is 0 Å². The molecular formula is C19H26N6O. The molecule has 7 nitrogen and oxygen atoms in total. The quantitative estimate of drug-likeness (QED) is 0.767. The van der Waals surface area contributed by atoms with Crippen molar-refractivity contribution >= 4 is 11.8 Å². The van der Waals surface area contributed by atoms with Crippen molar-refractivity contribution in [3.63, 3.8) is 0 Å². The molecule has 0 bridgehead atoms. The number of hydrogen-bond acceptors (Lipinski definition) is 7. The van der Waals surface area contributed by atoms with Gasteiger partial charge in [0.05, 0.1) is 7.11 Å². The number of nitrogen functional groups attached to an aromatic ring is 1. The third-order valence-electron chi connectivity index (χ3n) is 5.54. The molecule has 7 heteroatoms. The number of nitrogens with two attached hydrogens (primary N) is 1. The molecule has 0 saturated carbocycles. The van der Waals surface area contributed by atoms with Gasteiger partial charge >= 0.3 is 0 Å². The monoisotopic (exact) mass is 354 g/mol. The Labute approximate surface area is 153 Å². The summed E-state index contributed by atoms with van der Waals surface area (Å²) in [5, 5.41) is 0. The summed E-state index contributed by atoms with van der Waals surface area (Å²) in [4.78, 5) is 10.7. The maximum Gasteiger partial charge on any atom is 0.225 e. The summed E-state index contributed by atoms with van der Waals surface area (Å²) < 4.78 is 5.22. The van der Waals surface area contributed by atoms with Gasteiger partial charge in [0.25, 0.3) is 0 Å². The first-order chi connectivity index (χ1) is 12.7. The number of rotatable bonds is 4. The number of ether oxygens (including phenoxy) is 1. The maximum atomic E-state index is 5.80. The van der Waals surface area contributed by atoms with E-state index in [1.807, 2.05) is 6.07 Å². The Morgan fingerprint density at radius 2 is 1.92 bits per heavy atom. The average molecular weight is 354 g/mol. The Balaban J connectivity index is 1.43. The number of aromatic nitrogens is 2. The van der Waals surface area contributed by atoms with Gasteiger partial charge in [0.1, 0.15) is 5.82 Å². The smallest absolute Gasteiger partial charge is 0.225 e. The molecule has 138 valence electrons. The average Bonchev–Trinajstić information content (AvgIpc) is 3.18. The van der Waals surface area contributed by atoms with E-state index in [-0.39, 0.29) is 5.95 Å². The van der Waals surface area contributed by atoms with E-state index in [0.29, 0.717) is 23.8 Å². The fourth-order valence-electron chi connectivity index (χ4n) is 4.17. The van der Waals surface area contributed by atoms with Crippen molar-refractivity contribution in [2.45, 2.75) is 24.8 Å². The second-order valence-electron chi connectivity index (χ2n) is 7.02. The molecule has 2 aliphatic heterocycles. The number of hydrazine groups is 1. The Kier molecular flexibility index (Phi) is 4.90. The molecule has 4 N–H and O–H groups in total. The van der Waals surface area contributed by atoms with Crippen LogP contribution >= 0.6 is 0 Å². The third-order valence-corrected chi connectivity index (χ3v) is 5.54. The molecule has 1 aromatic carbocycles. The van der Waals surface area contributed by atoms with Crippen molar-refractivity contribution in [3.05, 3.63) is 42.0 Å². The molecule has 4 rings (SSSR count). The van der Waals surface area contributed by atoms with Gasteiger partial charge in [-0.15, -0.1) is 0 Å². The molecule has 2 atom stereocenters. The standard InChI is InChI=1S/C19H26N6O/c1-26-17-11-16(22-19(20)23-17)25-9-7-14(8-10-25)18-15(12-21-24-18)13-5-3-2-4-6-13/h2-6,11,14-15,18,21,24H,7-10,12H2,1H3,(H2,20,22,23). The van der Waals surface area contributed by atoms with Gasteiger partial charge in [0.15, 0.2) is 0 Å². The van der Waals surface area contributed by atoms with E-state index >= 15 is 0 Å². The Morgan fingerprint density at radius 3 is 2.65 bits per heavy atom. The van der Waals surface area contributed by atoms with Gasteiger partial charge < -0.3 is 15.4 Å². The SMILES string of the molecule is COc1cc(N2CCC(C3NNCC3c3ccccc3)CC2)nc(N)n1. The Bertz CT molecular complexity index is 732. The van der Waals surface area contributed by atoms with Crippen LogP contribution in [0.15, 0.2) is 36.4 Å². The molecule has 0 amide bonds. The van der Waals surface area contributed by atoms with Gasteiger partial charge in [-0.2, -0.15) is 9.97 Å². The molecule has 2 aliphatic rings. The van der Waals surface area contributed by atoms with Crippen molar-refractivity contribution in [1.82, 2.24) is 20.8 Å². The Morgan fingerprint density at radius 1 is 1.15 bits per heavy atom. The van der Waals surface area contributed by atoms with Crippen LogP contribution in [-0.4, -0.2) is 42.8 Å². The fraction of sp³-hybridized carbons (Fsp3) is 0.474. The number of piperidine rings is 1. The number of benzene rings is 1. The number of methoxy groups -OCH3 is 1. The molecule has 2 aromatic rings. The van der Waals surface area contributed by atoms with Crippen LogP contribution in [-0.2, 0) is 0 Å². The summed E-state index contributed by atoms with van der Waals surface area (Å²) in [7, 11) is 1.60. The summed E-state index contributed by atoms with van der Waals surface area (Å²) in [6.45, 7) is 2.91. The highest BCUT2D eigenvalue weighted by molar-refractivity contribution is 5.45. The van der Waals surface area contributed by atoms with E-state index in [1.54, 1.807) is 7.11 Å². The molecular weight excluding hydrogens is 328 g/mol. The first kappa shape index (κ1) is 17.1. The van der Waals surface area contributed by atoms with Crippen molar-refractivity contribution in [2.24, 2.45) is 5.92 Å². The van der Waals surface area contributed by atoms with Crippen LogP contribution in [0.5, 0.6) is 5.88 Å². The molecule has 0 spiro atoms. The van der Waals surface area contributed by atoms with E-state index in [1.165, 1.54) is 5.56 Å². The minimum absolute atomic E-state index is 0.257. The molecule has 2 saturated heterocycles. The first-order valence-corrected chi connectivity index (χ1v) is 9.21. The Hall–Kier alpha value is -2.38. The fourth-order valence-corrected chi connectivity index (χ4v) is 4.17. The van der Waals surface area contributed by atoms with Crippen LogP contribution in [0.4, 0.5) is 11.8 Å². The van der Waals surface area contributed by atoms with E-state index in [4.69, 9.17) is 10.5 Å². The zero-order valence-electron chi connectivity index (χ0n) is 15.1. The maximum absolute atomic E-state index is 5.80. The second-order valence-corrected chi connectivity index (χ2v) is 7.02. The van der Waals surface area contributed by atoms with Crippen LogP contribution in [0.2, 0.25) is 0 Å². The van der Waals surface area contributed by atoms with E-state index in [2.05, 4.69) is 56.1 Å². The highest BCUT2D eigenvalue weighted by Gasteiger charge is 2.36. The lowest BCUT2D eigenvalue weighted by atomic mass is 9.80. The van der Waals surface area contributed by atoms with Crippen molar-refractivity contribution in [3.8, 4) is 5.88 Å². The summed E-state index contributed by atoms with van der Waals surface area (Å²) in [6.07, 6.45) is 2.24. The zero-order valence-corrected chi connectivity index (χ0v) is 15.1. The normalized spacial score (nSPS) is 24.0. The van der Waals surface area contributed by atoms with Gasteiger partial charge in [0, 0.05) is 37.7 Å². The van der Waals surface area contributed by atoms with Gasteiger partial charge in [-0.05, 0) is 24.3 Å². The molecule has 1 aromatic heterocycles. The molecule has 3 heterocycles. The number of nitrogens with zero attached hydrogens (tertiary/aromatic N) is 3. The summed E-state index contributed by atoms with van der Waals surface area (Å²) in [5.74, 6) is 2.77. The van der Waals surface area contributed by atoms with E-state index in [9.17, 15) is 0 Å². The van der Waals surface area contributed by atoms with Crippen LogP contribution in [0.3, 0.4) is 0 Å². The number of nitrogens with one attached hydrogen (secondary N) is 2. The van der Waals surface area contributed by atoms with Crippen molar-refractivity contribution in [1.29, 1.82) is 0 Å². The van der Waals surface area contributed by atoms with Crippen LogP contribution in [0.1, 0.15) is 24.3 Å². The summed E-state index contributed by atoms with van der Waals surface area (Å²) in [6, 6.07) is 13.1. The molecule has 0 aliphatic carbocycles. The predicted octanol–water partition coefficient (Wildman–Crippen LogP) is 1.54. The molecule has 2 unspecified atom stereocenters. The molecule has 0 radical (unpaired) electrons. The first-order valence-electron chi connectivity index (χ1n) is 9.21. The second kappa shape index (κ2) is 7.47. The van der Waals surface area contributed by atoms with Crippen molar-refractivity contribution in [2.75, 3.05) is 37.4 Å². The van der Waals surface area contributed by atoms with Gasteiger partial charge in [-0.3, -0.25) is 10.9 Å². The lowest BCUT2D eigenvalue weighted by molar-refractivity contribution is 0.295. The minimum Gasteiger partial charge on any atom is -0.481 e.